The maximum Gasteiger partial charge on any atom is 0.309 e. The predicted molar refractivity (Wildman–Crippen MR) is 113 cm³/mol. The Morgan fingerprint density at radius 1 is 0.931 bits per heavy atom. The molecule has 1 amide bonds. The van der Waals surface area contributed by atoms with E-state index in [9.17, 15) is 9.59 Å². The summed E-state index contributed by atoms with van der Waals surface area (Å²) in [6.07, 6.45) is 2.01. The van der Waals surface area contributed by atoms with Gasteiger partial charge in [-0.25, -0.2) is 0 Å². The van der Waals surface area contributed by atoms with E-state index in [-0.39, 0.29) is 24.4 Å². The number of esters is 1. The Hall–Kier alpha value is -2.66. The van der Waals surface area contributed by atoms with Gasteiger partial charge in [-0.2, -0.15) is 0 Å². The molecule has 0 spiro atoms. The molecule has 29 heavy (non-hydrogen) atoms. The van der Waals surface area contributed by atoms with Crippen molar-refractivity contribution in [2.24, 2.45) is 11.8 Å². The lowest BCUT2D eigenvalue weighted by Gasteiger charge is -2.22. The first-order chi connectivity index (χ1) is 14.1. The van der Waals surface area contributed by atoms with Crippen LogP contribution in [0.3, 0.4) is 0 Å². The van der Waals surface area contributed by atoms with E-state index in [1.54, 1.807) is 6.92 Å². The second-order valence-corrected chi connectivity index (χ2v) is 7.13. The van der Waals surface area contributed by atoms with Crippen LogP contribution in [0.2, 0.25) is 0 Å². The number of carbonyl (C=O) groups is 2. The van der Waals surface area contributed by atoms with Gasteiger partial charge < -0.3 is 15.2 Å². The van der Waals surface area contributed by atoms with Gasteiger partial charge in [0.15, 0.2) is 0 Å². The largest absolute Gasteiger partial charge is 0.466 e. The lowest BCUT2D eigenvalue weighted by molar-refractivity contribution is -0.148. The van der Waals surface area contributed by atoms with E-state index in [4.69, 9.17) is 9.84 Å². The van der Waals surface area contributed by atoms with Crippen LogP contribution in [0.1, 0.15) is 30.9 Å². The van der Waals surface area contributed by atoms with Crippen molar-refractivity contribution in [2.45, 2.75) is 32.6 Å². The molecule has 0 radical (unpaired) electrons. The Bertz CT molecular complexity index is 733. The zero-order valence-corrected chi connectivity index (χ0v) is 17.0. The van der Waals surface area contributed by atoms with Crippen molar-refractivity contribution < 1.29 is 19.4 Å². The number of rotatable bonds is 12. The van der Waals surface area contributed by atoms with E-state index in [1.807, 2.05) is 60.7 Å². The Labute approximate surface area is 173 Å². The zero-order valence-electron chi connectivity index (χ0n) is 17.0. The number of aliphatic hydroxyl groups excluding tert-OH is 1. The quantitative estimate of drug-likeness (QED) is 0.426. The maximum atomic E-state index is 12.8. The van der Waals surface area contributed by atoms with E-state index in [0.29, 0.717) is 38.8 Å². The molecule has 0 fully saturated rings. The van der Waals surface area contributed by atoms with Crippen LogP contribution < -0.4 is 5.32 Å². The summed E-state index contributed by atoms with van der Waals surface area (Å²) >= 11 is 0. The molecule has 0 bridgehead atoms. The van der Waals surface area contributed by atoms with Gasteiger partial charge in [0.25, 0.3) is 0 Å². The number of carbonyl (C=O) groups excluding carboxylic acids is 2. The van der Waals surface area contributed by atoms with Crippen LogP contribution >= 0.6 is 0 Å². The summed E-state index contributed by atoms with van der Waals surface area (Å²) in [6.45, 7) is 2.56. The fraction of sp³-hybridized carbons (Fsp3) is 0.417. The monoisotopic (exact) mass is 397 g/mol. The number of hydrogen-bond donors (Lipinski definition) is 2. The number of benzene rings is 2. The van der Waals surface area contributed by atoms with Gasteiger partial charge in [-0.3, -0.25) is 9.59 Å². The summed E-state index contributed by atoms with van der Waals surface area (Å²) in [5, 5.41) is 11.9. The summed E-state index contributed by atoms with van der Waals surface area (Å²) in [5.74, 6) is -1.11. The fourth-order valence-electron chi connectivity index (χ4n) is 3.38. The molecule has 2 unspecified atom stereocenters. The molecule has 0 aliphatic rings. The van der Waals surface area contributed by atoms with E-state index in [0.717, 1.165) is 11.1 Å². The first kappa shape index (κ1) is 22.6. The number of nitrogens with one attached hydrogen (secondary N) is 1. The highest BCUT2D eigenvalue weighted by molar-refractivity contribution is 5.80. The van der Waals surface area contributed by atoms with Crippen LogP contribution in [0.15, 0.2) is 60.7 Å². The molecule has 156 valence electrons. The van der Waals surface area contributed by atoms with Gasteiger partial charge in [0.1, 0.15) is 0 Å². The Morgan fingerprint density at radius 2 is 1.48 bits per heavy atom. The average Bonchev–Trinajstić information content (AvgIpc) is 2.74. The number of amides is 1. The van der Waals surface area contributed by atoms with E-state index >= 15 is 0 Å². The van der Waals surface area contributed by atoms with Crippen molar-refractivity contribution in [1.29, 1.82) is 0 Å². The lowest BCUT2D eigenvalue weighted by Crippen LogP contribution is -2.36. The van der Waals surface area contributed by atoms with Gasteiger partial charge in [0.05, 0.1) is 12.5 Å². The first-order valence-electron chi connectivity index (χ1n) is 10.3. The number of ether oxygens (including phenoxy) is 1. The van der Waals surface area contributed by atoms with Gasteiger partial charge in [-0.05, 0) is 43.7 Å². The molecule has 5 heteroatoms. The van der Waals surface area contributed by atoms with Crippen molar-refractivity contribution in [2.75, 3.05) is 19.8 Å². The molecule has 5 nitrogen and oxygen atoms in total. The van der Waals surface area contributed by atoms with E-state index < -0.39 is 5.92 Å². The molecule has 2 N–H and O–H groups in total. The predicted octanol–water partition coefficient (Wildman–Crippen LogP) is 3.16. The molecular weight excluding hydrogens is 366 g/mol. The van der Waals surface area contributed by atoms with Crippen LogP contribution in [0.5, 0.6) is 0 Å². The van der Waals surface area contributed by atoms with Crippen LogP contribution in [0.4, 0.5) is 0 Å². The molecule has 2 aromatic rings. The molecule has 2 aromatic carbocycles. The minimum atomic E-state index is -0.394. The van der Waals surface area contributed by atoms with Gasteiger partial charge in [0.2, 0.25) is 5.91 Å². The normalized spacial score (nSPS) is 12.8. The average molecular weight is 398 g/mol. The van der Waals surface area contributed by atoms with Crippen molar-refractivity contribution in [3.63, 3.8) is 0 Å². The molecular formula is C24H31NO4. The lowest BCUT2D eigenvalue weighted by atomic mass is 9.85. The van der Waals surface area contributed by atoms with Crippen LogP contribution in [-0.4, -0.2) is 36.7 Å². The molecule has 0 aliphatic heterocycles. The molecule has 2 rings (SSSR count). The van der Waals surface area contributed by atoms with Crippen molar-refractivity contribution in [3.8, 4) is 0 Å². The van der Waals surface area contributed by atoms with Gasteiger partial charge >= 0.3 is 5.97 Å². The summed E-state index contributed by atoms with van der Waals surface area (Å²) in [6, 6.07) is 19.6. The molecule has 0 aromatic heterocycles. The molecule has 2 atom stereocenters. The van der Waals surface area contributed by atoms with E-state index in [2.05, 4.69) is 5.32 Å². The highest BCUT2D eigenvalue weighted by Crippen LogP contribution is 2.23. The summed E-state index contributed by atoms with van der Waals surface area (Å²) in [5.41, 5.74) is 2.10. The van der Waals surface area contributed by atoms with Crippen molar-refractivity contribution in [1.82, 2.24) is 5.32 Å². The van der Waals surface area contributed by atoms with Gasteiger partial charge in [0, 0.05) is 19.1 Å². The SMILES string of the molecule is CCOC(=O)C(Cc1ccccc1)CC(Cc1ccccc1)C(=O)NCCCO. The van der Waals surface area contributed by atoms with Crippen LogP contribution in [0.25, 0.3) is 0 Å². The van der Waals surface area contributed by atoms with Crippen molar-refractivity contribution >= 4 is 11.9 Å². The first-order valence-corrected chi connectivity index (χ1v) is 10.3. The minimum Gasteiger partial charge on any atom is -0.466 e. The van der Waals surface area contributed by atoms with Gasteiger partial charge in [-0.15, -0.1) is 0 Å². The number of aliphatic hydroxyl groups is 1. The molecule has 0 saturated heterocycles. The summed E-state index contributed by atoms with van der Waals surface area (Å²) in [7, 11) is 0. The maximum absolute atomic E-state index is 12.8. The third-order valence-electron chi connectivity index (χ3n) is 4.84. The van der Waals surface area contributed by atoms with Gasteiger partial charge in [-0.1, -0.05) is 60.7 Å². The third kappa shape index (κ3) is 8.08. The smallest absolute Gasteiger partial charge is 0.309 e. The fourth-order valence-corrected chi connectivity index (χ4v) is 3.38. The second-order valence-electron chi connectivity index (χ2n) is 7.13. The van der Waals surface area contributed by atoms with Crippen LogP contribution in [0, 0.1) is 11.8 Å². The Kier molecular flexibility index (Phi) is 9.93. The van der Waals surface area contributed by atoms with E-state index in [1.165, 1.54) is 0 Å². The summed E-state index contributed by atoms with van der Waals surface area (Å²) < 4.78 is 5.30. The summed E-state index contributed by atoms with van der Waals surface area (Å²) in [4.78, 5) is 25.5. The Balaban J connectivity index is 2.17. The molecule has 0 saturated carbocycles. The minimum absolute atomic E-state index is 0.0308. The van der Waals surface area contributed by atoms with Crippen LogP contribution in [-0.2, 0) is 27.2 Å². The Morgan fingerprint density at radius 3 is 2.00 bits per heavy atom. The highest BCUT2D eigenvalue weighted by Gasteiger charge is 2.28. The van der Waals surface area contributed by atoms with Crippen molar-refractivity contribution in [3.05, 3.63) is 71.8 Å². The molecule has 0 heterocycles. The zero-order chi connectivity index (χ0) is 20.9. The number of hydrogen-bond acceptors (Lipinski definition) is 4. The third-order valence-corrected chi connectivity index (χ3v) is 4.84. The second kappa shape index (κ2) is 12.7. The topological polar surface area (TPSA) is 75.6 Å². The standard InChI is InChI=1S/C24H31NO4/c1-2-29-24(28)22(17-20-12-7-4-8-13-20)18-21(23(27)25-14-9-15-26)16-19-10-5-3-6-11-19/h3-8,10-13,21-22,26H,2,9,14-18H2,1H3,(H,25,27). The highest BCUT2D eigenvalue weighted by atomic mass is 16.5. The molecule has 0 aliphatic carbocycles.